The molecular formula is C17H37Si. The van der Waals surface area contributed by atoms with Crippen LogP contribution in [-0.4, -0.2) is 8.80 Å². The fourth-order valence-electron chi connectivity index (χ4n) is 2.96. The van der Waals surface area contributed by atoms with E-state index in [1.807, 2.05) is 0 Å². The molecule has 0 aliphatic rings. The average molecular weight is 270 g/mol. The van der Waals surface area contributed by atoms with Gasteiger partial charge in [0.05, 0.1) is 0 Å². The fourth-order valence-corrected chi connectivity index (χ4v) is 6.08. The largest absolute Gasteiger partial charge is 0.0710 e. The molecule has 0 aliphatic carbocycles. The second-order valence-corrected chi connectivity index (χ2v) is 8.93. The minimum atomic E-state index is -0.0713. The first-order valence-corrected chi connectivity index (χ1v) is 10.9. The lowest BCUT2D eigenvalue weighted by atomic mass is 10.0. The van der Waals surface area contributed by atoms with E-state index >= 15 is 0 Å². The lowest BCUT2D eigenvalue weighted by Crippen LogP contribution is -2.17. The van der Waals surface area contributed by atoms with Crippen LogP contribution in [-0.2, 0) is 0 Å². The van der Waals surface area contributed by atoms with E-state index in [0.29, 0.717) is 0 Å². The molecule has 0 N–H and O–H groups in total. The SMILES string of the molecule is CCCCC(CC)C[Si](C)CC(CC)CCCC. The third kappa shape index (κ3) is 9.19. The van der Waals surface area contributed by atoms with Gasteiger partial charge in [-0.2, -0.15) is 0 Å². The highest BCUT2D eigenvalue weighted by Crippen LogP contribution is 2.25. The normalized spacial score (nSPS) is 15.0. The van der Waals surface area contributed by atoms with Gasteiger partial charge < -0.3 is 0 Å². The first-order chi connectivity index (χ1) is 8.67. The molecule has 0 aromatic heterocycles. The third-order valence-electron chi connectivity index (χ3n) is 4.36. The molecule has 2 unspecified atom stereocenters. The quantitative estimate of drug-likeness (QED) is 0.353. The lowest BCUT2D eigenvalue weighted by molar-refractivity contribution is 0.471. The van der Waals surface area contributed by atoms with Crippen molar-refractivity contribution in [3.05, 3.63) is 0 Å². The minimum absolute atomic E-state index is 0.0713. The van der Waals surface area contributed by atoms with Gasteiger partial charge in [0.2, 0.25) is 0 Å². The van der Waals surface area contributed by atoms with E-state index < -0.39 is 0 Å². The molecule has 0 amide bonds. The summed E-state index contributed by atoms with van der Waals surface area (Å²) in [6.07, 6.45) is 11.4. The molecule has 1 heteroatoms. The van der Waals surface area contributed by atoms with Crippen LogP contribution >= 0.6 is 0 Å². The van der Waals surface area contributed by atoms with E-state index in [1.165, 1.54) is 51.4 Å². The summed E-state index contributed by atoms with van der Waals surface area (Å²) in [7, 11) is -0.0713. The molecule has 2 atom stereocenters. The summed E-state index contributed by atoms with van der Waals surface area (Å²) in [4.78, 5) is 0. The second kappa shape index (κ2) is 12.3. The molecule has 0 aromatic carbocycles. The van der Waals surface area contributed by atoms with Crippen molar-refractivity contribution < 1.29 is 0 Å². The number of rotatable bonds is 12. The van der Waals surface area contributed by atoms with E-state index in [0.717, 1.165) is 11.8 Å². The van der Waals surface area contributed by atoms with Crippen molar-refractivity contribution in [3.63, 3.8) is 0 Å². The van der Waals surface area contributed by atoms with Crippen molar-refractivity contribution in [1.29, 1.82) is 0 Å². The summed E-state index contributed by atoms with van der Waals surface area (Å²) in [5.41, 5.74) is 0. The van der Waals surface area contributed by atoms with Gasteiger partial charge in [-0.15, -0.1) is 0 Å². The maximum atomic E-state index is 2.59. The molecule has 0 aromatic rings. The van der Waals surface area contributed by atoms with Gasteiger partial charge in [-0.3, -0.25) is 0 Å². The molecule has 0 spiro atoms. The molecule has 18 heavy (non-hydrogen) atoms. The van der Waals surface area contributed by atoms with Crippen LogP contribution in [0.3, 0.4) is 0 Å². The fraction of sp³-hybridized carbons (Fsp3) is 1.00. The average Bonchev–Trinajstić information content (AvgIpc) is 2.39. The van der Waals surface area contributed by atoms with Crippen molar-refractivity contribution >= 4 is 8.80 Å². The third-order valence-corrected chi connectivity index (χ3v) is 6.91. The minimum Gasteiger partial charge on any atom is -0.0710 e. The van der Waals surface area contributed by atoms with E-state index in [4.69, 9.17) is 0 Å². The highest BCUT2D eigenvalue weighted by molar-refractivity contribution is 6.57. The van der Waals surface area contributed by atoms with Crippen LogP contribution in [0.1, 0.15) is 79.1 Å². The molecular weight excluding hydrogens is 232 g/mol. The van der Waals surface area contributed by atoms with Crippen LogP contribution in [0.25, 0.3) is 0 Å². The Morgan fingerprint density at radius 3 is 1.39 bits per heavy atom. The molecule has 1 radical (unpaired) electrons. The van der Waals surface area contributed by atoms with Gasteiger partial charge in [-0.1, -0.05) is 97.7 Å². The first kappa shape index (κ1) is 18.2. The Balaban J connectivity index is 3.92. The predicted molar refractivity (Wildman–Crippen MR) is 87.8 cm³/mol. The molecule has 0 saturated carbocycles. The molecule has 0 fully saturated rings. The topological polar surface area (TPSA) is 0 Å². The van der Waals surface area contributed by atoms with Crippen molar-refractivity contribution in [2.24, 2.45) is 11.8 Å². The van der Waals surface area contributed by atoms with Gasteiger partial charge in [-0.05, 0) is 11.8 Å². The van der Waals surface area contributed by atoms with E-state index in [1.54, 1.807) is 12.1 Å². The van der Waals surface area contributed by atoms with Crippen LogP contribution in [0.2, 0.25) is 18.6 Å². The van der Waals surface area contributed by atoms with E-state index in [2.05, 4.69) is 34.2 Å². The van der Waals surface area contributed by atoms with Crippen molar-refractivity contribution in [1.82, 2.24) is 0 Å². The lowest BCUT2D eigenvalue weighted by Gasteiger charge is -2.22. The molecule has 0 saturated heterocycles. The maximum absolute atomic E-state index is 2.59. The Hall–Kier alpha value is 0.217. The molecule has 0 bridgehead atoms. The van der Waals surface area contributed by atoms with Crippen LogP contribution in [0.15, 0.2) is 0 Å². The first-order valence-electron chi connectivity index (χ1n) is 8.49. The van der Waals surface area contributed by atoms with Gasteiger partial charge in [0.15, 0.2) is 0 Å². The van der Waals surface area contributed by atoms with Crippen LogP contribution in [0, 0.1) is 11.8 Å². The van der Waals surface area contributed by atoms with Gasteiger partial charge >= 0.3 is 0 Å². The highest BCUT2D eigenvalue weighted by Gasteiger charge is 2.16. The Morgan fingerprint density at radius 1 is 0.722 bits per heavy atom. The standard InChI is InChI=1S/C17H37Si/c1-6-10-12-16(8-3)14-18(5)15-17(9-4)13-11-7-2/h16-17H,6-15H2,1-5H3. The number of hydrogen-bond donors (Lipinski definition) is 0. The van der Waals surface area contributed by atoms with Crippen LogP contribution in [0.5, 0.6) is 0 Å². The number of unbranched alkanes of at least 4 members (excludes halogenated alkanes) is 2. The zero-order valence-corrected chi connectivity index (χ0v) is 14.7. The van der Waals surface area contributed by atoms with Gasteiger partial charge in [-0.25, -0.2) is 0 Å². The van der Waals surface area contributed by atoms with Gasteiger partial charge in [0.1, 0.15) is 0 Å². The second-order valence-electron chi connectivity index (χ2n) is 6.20. The van der Waals surface area contributed by atoms with Crippen molar-refractivity contribution in [2.45, 2.75) is 97.7 Å². The zero-order chi connectivity index (χ0) is 13.8. The Morgan fingerprint density at radius 2 is 1.11 bits per heavy atom. The van der Waals surface area contributed by atoms with Crippen molar-refractivity contribution in [3.8, 4) is 0 Å². The Labute approximate surface area is 119 Å². The molecule has 0 heterocycles. The Kier molecular flexibility index (Phi) is 12.4. The van der Waals surface area contributed by atoms with Crippen molar-refractivity contribution in [2.75, 3.05) is 0 Å². The number of hydrogen-bond acceptors (Lipinski definition) is 0. The predicted octanol–water partition coefficient (Wildman–Crippen LogP) is 6.54. The summed E-state index contributed by atoms with van der Waals surface area (Å²) in [6, 6.07) is 3.15. The van der Waals surface area contributed by atoms with Crippen LogP contribution in [0.4, 0.5) is 0 Å². The van der Waals surface area contributed by atoms with Gasteiger partial charge in [0.25, 0.3) is 0 Å². The summed E-state index contributed by atoms with van der Waals surface area (Å²) in [5, 5.41) is 0. The molecule has 0 rings (SSSR count). The summed E-state index contributed by atoms with van der Waals surface area (Å²) >= 11 is 0. The Bertz CT molecular complexity index is 149. The monoisotopic (exact) mass is 269 g/mol. The molecule has 109 valence electrons. The molecule has 0 nitrogen and oxygen atoms in total. The zero-order valence-electron chi connectivity index (χ0n) is 13.7. The van der Waals surface area contributed by atoms with E-state index in [-0.39, 0.29) is 8.80 Å². The maximum Gasteiger partial charge on any atom is 0.0451 e. The summed E-state index contributed by atoms with van der Waals surface area (Å²) in [5.74, 6) is 2.07. The molecule has 0 aliphatic heterocycles. The van der Waals surface area contributed by atoms with Crippen LogP contribution < -0.4 is 0 Å². The summed E-state index contributed by atoms with van der Waals surface area (Å²) in [6.45, 7) is 12.0. The van der Waals surface area contributed by atoms with E-state index in [9.17, 15) is 0 Å². The highest BCUT2D eigenvalue weighted by atomic mass is 28.3. The smallest absolute Gasteiger partial charge is 0.0451 e. The summed E-state index contributed by atoms with van der Waals surface area (Å²) < 4.78 is 0. The van der Waals surface area contributed by atoms with Gasteiger partial charge in [0, 0.05) is 8.80 Å².